The smallest absolute Gasteiger partial charge is 0.263 e. The third kappa shape index (κ3) is 2.99. The Bertz CT molecular complexity index is 943. The van der Waals surface area contributed by atoms with Gasteiger partial charge in [0.1, 0.15) is 9.90 Å². The average Bonchev–Trinajstić information content (AvgIpc) is 3.05. The molecule has 0 unspecified atom stereocenters. The first-order chi connectivity index (χ1) is 10.9. The Morgan fingerprint density at radius 3 is 2.70 bits per heavy atom. The number of pyridine rings is 1. The summed E-state index contributed by atoms with van der Waals surface area (Å²) in [7, 11) is -1.84. The van der Waals surface area contributed by atoms with Crippen molar-refractivity contribution in [2.75, 3.05) is 4.72 Å². The molecular weight excluding hydrogens is 332 g/mol. The highest BCUT2D eigenvalue weighted by atomic mass is 32.2. The minimum absolute atomic E-state index is 0.242. The van der Waals surface area contributed by atoms with E-state index in [1.54, 1.807) is 31.3 Å². The molecule has 3 rings (SSSR count). The molecule has 0 bridgehead atoms. The van der Waals surface area contributed by atoms with Crippen LogP contribution in [-0.4, -0.2) is 23.0 Å². The van der Waals surface area contributed by atoms with Crippen molar-refractivity contribution in [2.24, 2.45) is 7.05 Å². The molecular formula is C15H16N4O2S2. The summed E-state index contributed by atoms with van der Waals surface area (Å²) in [5.74, 6) is 0. The lowest BCUT2D eigenvalue weighted by Crippen LogP contribution is -2.13. The van der Waals surface area contributed by atoms with Gasteiger partial charge in [0.2, 0.25) is 0 Å². The topological polar surface area (TPSA) is 76.9 Å². The Hall–Kier alpha value is -2.19. The number of nitrogens with zero attached hydrogens (tertiary/aromatic N) is 3. The number of rotatable bonds is 4. The van der Waals surface area contributed by atoms with E-state index >= 15 is 0 Å². The Morgan fingerprint density at radius 1 is 1.30 bits per heavy atom. The summed E-state index contributed by atoms with van der Waals surface area (Å²) >= 11 is 1.50. The maximum Gasteiger partial charge on any atom is 0.263 e. The maximum atomic E-state index is 12.7. The van der Waals surface area contributed by atoms with Gasteiger partial charge >= 0.3 is 0 Å². The third-order valence-corrected chi connectivity index (χ3v) is 6.01. The summed E-state index contributed by atoms with van der Waals surface area (Å²) in [4.78, 5) is 8.59. The second kappa shape index (κ2) is 5.78. The molecule has 0 aliphatic carbocycles. The summed E-state index contributed by atoms with van der Waals surface area (Å²) in [6, 6.07) is 5.00. The van der Waals surface area contributed by atoms with Crippen LogP contribution in [0.4, 0.5) is 5.69 Å². The highest BCUT2D eigenvalue weighted by molar-refractivity contribution is 7.92. The maximum absolute atomic E-state index is 12.7. The molecule has 0 atom stereocenters. The Morgan fingerprint density at radius 2 is 2.09 bits per heavy atom. The molecule has 0 saturated carbocycles. The van der Waals surface area contributed by atoms with Crippen LogP contribution in [0.2, 0.25) is 0 Å². The fourth-order valence-electron chi connectivity index (χ4n) is 2.25. The summed E-state index contributed by atoms with van der Waals surface area (Å²) in [5.41, 5.74) is 2.79. The van der Waals surface area contributed by atoms with E-state index in [0.29, 0.717) is 11.4 Å². The van der Waals surface area contributed by atoms with Gasteiger partial charge in [-0.2, -0.15) is 0 Å². The highest BCUT2D eigenvalue weighted by Crippen LogP contribution is 2.30. The normalized spacial score (nSPS) is 11.6. The Balaban J connectivity index is 2.03. The molecule has 120 valence electrons. The van der Waals surface area contributed by atoms with Gasteiger partial charge in [-0.15, -0.1) is 11.3 Å². The third-order valence-electron chi connectivity index (χ3n) is 3.53. The molecule has 0 radical (unpaired) electrons. The number of hydrogen-bond acceptors (Lipinski definition) is 5. The zero-order chi connectivity index (χ0) is 16.6. The predicted molar refractivity (Wildman–Crippen MR) is 91.0 cm³/mol. The molecule has 0 aliphatic heterocycles. The number of anilines is 1. The lowest BCUT2D eigenvalue weighted by molar-refractivity contribution is 0.600. The minimum atomic E-state index is -3.68. The molecule has 3 heterocycles. The molecule has 1 N–H and O–H groups in total. The number of hydrogen-bond donors (Lipinski definition) is 1. The largest absolute Gasteiger partial charge is 0.345 e. The van der Waals surface area contributed by atoms with Crippen LogP contribution >= 0.6 is 11.3 Å². The Labute approximate surface area is 138 Å². The van der Waals surface area contributed by atoms with Gasteiger partial charge in [-0.3, -0.25) is 9.71 Å². The molecule has 23 heavy (non-hydrogen) atoms. The van der Waals surface area contributed by atoms with E-state index in [9.17, 15) is 8.42 Å². The first kappa shape index (κ1) is 15.7. The lowest BCUT2D eigenvalue weighted by Gasteiger charge is -2.07. The van der Waals surface area contributed by atoms with Crippen LogP contribution in [-0.2, 0) is 17.1 Å². The van der Waals surface area contributed by atoms with Gasteiger partial charge in [0.05, 0.1) is 17.6 Å². The van der Waals surface area contributed by atoms with Crippen LogP contribution in [0.3, 0.4) is 0 Å². The van der Waals surface area contributed by atoms with Gasteiger partial charge in [-0.25, -0.2) is 13.4 Å². The van der Waals surface area contributed by atoms with Gasteiger partial charge in [0.15, 0.2) is 0 Å². The molecule has 3 aromatic heterocycles. The first-order valence-corrected chi connectivity index (χ1v) is 9.26. The predicted octanol–water partition coefficient (Wildman–Crippen LogP) is 2.96. The summed E-state index contributed by atoms with van der Waals surface area (Å²) in [6.45, 7) is 3.69. The van der Waals surface area contributed by atoms with E-state index in [0.717, 1.165) is 16.4 Å². The van der Waals surface area contributed by atoms with Gasteiger partial charge in [0.25, 0.3) is 10.0 Å². The summed E-state index contributed by atoms with van der Waals surface area (Å²) in [5, 5.41) is 2.75. The zero-order valence-electron chi connectivity index (χ0n) is 12.9. The van der Waals surface area contributed by atoms with Crippen molar-refractivity contribution in [1.29, 1.82) is 0 Å². The second-order valence-electron chi connectivity index (χ2n) is 5.18. The van der Waals surface area contributed by atoms with Crippen molar-refractivity contribution in [2.45, 2.75) is 18.7 Å². The number of thiazole rings is 1. The summed E-state index contributed by atoms with van der Waals surface area (Å²) in [6.07, 6.45) is 3.06. The fourth-order valence-corrected chi connectivity index (χ4v) is 4.44. The van der Waals surface area contributed by atoms with Gasteiger partial charge in [-0.1, -0.05) is 0 Å². The molecule has 0 spiro atoms. The van der Waals surface area contributed by atoms with Crippen molar-refractivity contribution in [3.8, 4) is 10.7 Å². The van der Waals surface area contributed by atoms with Gasteiger partial charge in [-0.05, 0) is 32.0 Å². The van der Waals surface area contributed by atoms with E-state index < -0.39 is 10.0 Å². The zero-order valence-corrected chi connectivity index (χ0v) is 14.6. The van der Waals surface area contributed by atoms with E-state index in [-0.39, 0.29) is 4.90 Å². The van der Waals surface area contributed by atoms with Gasteiger partial charge < -0.3 is 4.57 Å². The Kier molecular flexibility index (Phi) is 3.95. The van der Waals surface area contributed by atoms with E-state index in [1.807, 2.05) is 23.9 Å². The molecule has 0 amide bonds. The number of sulfonamides is 1. The van der Waals surface area contributed by atoms with Crippen molar-refractivity contribution in [3.05, 3.63) is 47.4 Å². The van der Waals surface area contributed by atoms with Crippen molar-refractivity contribution >= 4 is 27.0 Å². The van der Waals surface area contributed by atoms with E-state index in [2.05, 4.69) is 14.7 Å². The average molecular weight is 348 g/mol. The lowest BCUT2D eigenvalue weighted by atomic mass is 10.4. The number of aromatic nitrogens is 3. The number of nitrogens with one attached hydrogen (secondary N) is 1. The van der Waals surface area contributed by atoms with Crippen LogP contribution in [0, 0.1) is 13.8 Å². The highest BCUT2D eigenvalue weighted by Gasteiger charge is 2.23. The molecule has 3 aromatic rings. The van der Waals surface area contributed by atoms with Gasteiger partial charge in [0, 0.05) is 30.0 Å². The SMILES string of the molecule is Cc1csc(-c2cc(S(=O)(=O)Nc3cccnc3)c(C)n2C)n1. The standard InChI is InChI=1S/C15H16N4O2S2/c1-10-9-22-15(17-10)13-7-14(11(2)19(13)3)23(20,21)18-12-5-4-6-16-8-12/h4-9,18H,1-3H3. The van der Waals surface area contributed by atoms with Crippen LogP contribution in [0.15, 0.2) is 40.9 Å². The van der Waals surface area contributed by atoms with Crippen molar-refractivity contribution < 1.29 is 8.42 Å². The van der Waals surface area contributed by atoms with Crippen molar-refractivity contribution in [1.82, 2.24) is 14.5 Å². The van der Waals surface area contributed by atoms with Crippen LogP contribution in [0.5, 0.6) is 0 Å². The molecule has 8 heteroatoms. The van der Waals surface area contributed by atoms with Crippen molar-refractivity contribution in [3.63, 3.8) is 0 Å². The second-order valence-corrected chi connectivity index (χ2v) is 7.69. The molecule has 6 nitrogen and oxygen atoms in total. The molecule has 0 aromatic carbocycles. The fraction of sp³-hybridized carbons (Fsp3) is 0.200. The molecule has 0 fully saturated rings. The van der Waals surface area contributed by atoms with E-state index in [4.69, 9.17) is 0 Å². The molecule has 0 aliphatic rings. The minimum Gasteiger partial charge on any atom is -0.345 e. The first-order valence-electron chi connectivity index (χ1n) is 6.90. The van der Waals surface area contributed by atoms with Crippen LogP contribution in [0.25, 0.3) is 10.7 Å². The van der Waals surface area contributed by atoms with E-state index in [1.165, 1.54) is 17.5 Å². The van der Waals surface area contributed by atoms with Crippen LogP contribution in [0.1, 0.15) is 11.4 Å². The molecule has 0 saturated heterocycles. The quantitative estimate of drug-likeness (QED) is 0.786. The monoisotopic (exact) mass is 348 g/mol. The van der Waals surface area contributed by atoms with Crippen LogP contribution < -0.4 is 4.72 Å². The number of aryl methyl sites for hydroxylation is 1. The summed E-state index contributed by atoms with van der Waals surface area (Å²) < 4.78 is 29.7.